The topological polar surface area (TPSA) is 72.3 Å². The van der Waals surface area contributed by atoms with E-state index in [1.54, 1.807) is 29.8 Å². The van der Waals surface area contributed by atoms with Crippen molar-refractivity contribution in [2.75, 3.05) is 17.2 Å². The number of carbonyl (C=O) groups excluding carboxylic acids is 1. The molecule has 0 saturated carbocycles. The van der Waals surface area contributed by atoms with E-state index in [0.717, 1.165) is 0 Å². The highest BCUT2D eigenvalue weighted by atomic mass is 35.7. The molecule has 0 radical (unpaired) electrons. The van der Waals surface area contributed by atoms with Crippen LogP contribution in [0.1, 0.15) is 12.1 Å². The van der Waals surface area contributed by atoms with Crippen LogP contribution in [-0.4, -0.2) is 36.4 Å². The molecule has 1 amide bonds. The Hall–Kier alpha value is -1.93. The van der Waals surface area contributed by atoms with Gasteiger partial charge in [-0.25, -0.2) is 17.5 Å². The van der Waals surface area contributed by atoms with Crippen LogP contribution >= 0.6 is 10.7 Å². The second kappa shape index (κ2) is 6.18. The summed E-state index contributed by atoms with van der Waals surface area (Å²) in [6, 6.07) is 7.48. The molecule has 1 aromatic carbocycles. The van der Waals surface area contributed by atoms with Crippen LogP contribution in [0.4, 0.5) is 10.2 Å². The predicted octanol–water partition coefficient (Wildman–Crippen LogP) is 2.24. The number of amides is 1. The van der Waals surface area contributed by atoms with E-state index in [9.17, 15) is 17.6 Å². The molecule has 2 aromatic rings. The average Bonchev–Trinajstić information content (AvgIpc) is 3.01. The minimum absolute atomic E-state index is 0.111. The minimum atomic E-state index is -3.67. The van der Waals surface area contributed by atoms with Crippen molar-refractivity contribution in [1.29, 1.82) is 0 Å². The largest absolute Gasteiger partial charge is 0.296 e. The molecule has 1 saturated heterocycles. The summed E-state index contributed by atoms with van der Waals surface area (Å²) < 4.78 is 37.2. The Labute approximate surface area is 143 Å². The van der Waals surface area contributed by atoms with E-state index in [2.05, 4.69) is 5.10 Å². The number of benzene rings is 1. The van der Waals surface area contributed by atoms with Crippen LogP contribution in [0.5, 0.6) is 0 Å². The highest BCUT2D eigenvalue weighted by Gasteiger charge is 2.35. The van der Waals surface area contributed by atoms with Gasteiger partial charge in [-0.1, -0.05) is 0 Å². The lowest BCUT2D eigenvalue weighted by atomic mass is 10.1. The predicted molar refractivity (Wildman–Crippen MR) is 88.4 cm³/mol. The quantitative estimate of drug-likeness (QED) is 0.773. The molecule has 1 aliphatic rings. The van der Waals surface area contributed by atoms with Crippen molar-refractivity contribution < 1.29 is 17.6 Å². The van der Waals surface area contributed by atoms with Crippen molar-refractivity contribution >= 4 is 31.5 Å². The van der Waals surface area contributed by atoms with Crippen molar-refractivity contribution in [2.45, 2.75) is 13.3 Å². The van der Waals surface area contributed by atoms with Gasteiger partial charge in [0, 0.05) is 35.6 Å². The molecular weight excluding hydrogens is 357 g/mol. The zero-order valence-corrected chi connectivity index (χ0v) is 14.4. The number of aryl methyl sites for hydroxylation is 1. The van der Waals surface area contributed by atoms with E-state index in [-0.39, 0.29) is 36.4 Å². The van der Waals surface area contributed by atoms with Crippen LogP contribution in [-0.2, 0) is 13.8 Å². The summed E-state index contributed by atoms with van der Waals surface area (Å²) >= 11 is 0. The number of hydrogen-bond donors (Lipinski definition) is 0. The van der Waals surface area contributed by atoms with Crippen LogP contribution in [0.3, 0.4) is 0 Å². The first kappa shape index (κ1) is 16.9. The summed E-state index contributed by atoms with van der Waals surface area (Å²) in [4.78, 5) is 13.8. The lowest BCUT2D eigenvalue weighted by molar-refractivity contribution is -0.117. The monoisotopic (exact) mass is 371 g/mol. The third-order valence-electron chi connectivity index (χ3n) is 3.80. The number of aromatic nitrogens is 2. The van der Waals surface area contributed by atoms with Crippen LogP contribution in [0.25, 0.3) is 5.69 Å². The second-order valence-corrected chi connectivity index (χ2v) is 8.63. The van der Waals surface area contributed by atoms with Gasteiger partial charge in [0.05, 0.1) is 17.1 Å². The summed E-state index contributed by atoms with van der Waals surface area (Å²) in [5.74, 6) is -0.645. The molecule has 1 aliphatic heterocycles. The molecule has 0 spiro atoms. The zero-order chi connectivity index (χ0) is 17.5. The van der Waals surface area contributed by atoms with Gasteiger partial charge in [0.2, 0.25) is 15.0 Å². The lowest BCUT2D eigenvalue weighted by Gasteiger charge is -2.18. The number of halogens is 2. The van der Waals surface area contributed by atoms with Crippen LogP contribution in [0.15, 0.2) is 30.3 Å². The maximum Gasteiger partial charge on any atom is 0.232 e. The Kier molecular flexibility index (Phi) is 4.35. The Bertz CT molecular complexity index is 880. The molecule has 128 valence electrons. The van der Waals surface area contributed by atoms with Crippen LogP contribution in [0, 0.1) is 18.7 Å². The fraction of sp³-hybridized carbons (Fsp3) is 0.333. The number of carbonyl (C=O) groups is 1. The molecular formula is C15H15ClFN3O3S. The van der Waals surface area contributed by atoms with Gasteiger partial charge in [-0.2, -0.15) is 5.10 Å². The normalized spacial score (nSPS) is 18.4. The van der Waals surface area contributed by atoms with Gasteiger partial charge in [-0.15, -0.1) is 0 Å². The Morgan fingerprint density at radius 1 is 1.33 bits per heavy atom. The molecule has 0 N–H and O–H groups in total. The SMILES string of the molecule is Cc1cc(N2CC(CS(=O)(=O)Cl)CC2=O)n(-c2ccc(F)cc2)n1. The third-order valence-corrected chi connectivity index (χ3v) is 5.05. The maximum atomic E-state index is 13.1. The summed E-state index contributed by atoms with van der Waals surface area (Å²) in [6.07, 6.45) is 0.111. The van der Waals surface area contributed by atoms with Crippen molar-refractivity contribution in [1.82, 2.24) is 9.78 Å². The molecule has 3 rings (SSSR count). The smallest absolute Gasteiger partial charge is 0.232 e. The Balaban J connectivity index is 1.93. The van der Waals surface area contributed by atoms with E-state index >= 15 is 0 Å². The number of nitrogens with zero attached hydrogens (tertiary/aromatic N) is 3. The highest BCUT2D eigenvalue weighted by molar-refractivity contribution is 8.13. The van der Waals surface area contributed by atoms with Gasteiger partial charge < -0.3 is 0 Å². The van der Waals surface area contributed by atoms with E-state index in [1.807, 2.05) is 0 Å². The van der Waals surface area contributed by atoms with E-state index in [1.165, 1.54) is 17.0 Å². The first-order valence-electron chi connectivity index (χ1n) is 7.28. The van der Waals surface area contributed by atoms with Gasteiger partial charge in [0.25, 0.3) is 0 Å². The van der Waals surface area contributed by atoms with Crippen LogP contribution in [0.2, 0.25) is 0 Å². The third kappa shape index (κ3) is 3.59. The average molecular weight is 372 g/mol. The summed E-state index contributed by atoms with van der Waals surface area (Å²) in [7, 11) is 1.62. The molecule has 6 nitrogen and oxygen atoms in total. The molecule has 0 aliphatic carbocycles. The first-order valence-corrected chi connectivity index (χ1v) is 9.76. The van der Waals surface area contributed by atoms with E-state index < -0.39 is 9.05 Å². The highest BCUT2D eigenvalue weighted by Crippen LogP contribution is 2.29. The maximum absolute atomic E-state index is 13.1. The Morgan fingerprint density at radius 3 is 2.62 bits per heavy atom. The van der Waals surface area contributed by atoms with Gasteiger partial charge in [0.15, 0.2) is 0 Å². The van der Waals surface area contributed by atoms with Crippen molar-refractivity contribution in [3.63, 3.8) is 0 Å². The van der Waals surface area contributed by atoms with Gasteiger partial charge in [0.1, 0.15) is 11.6 Å². The first-order chi connectivity index (χ1) is 11.2. The number of hydrogen-bond acceptors (Lipinski definition) is 4. The van der Waals surface area contributed by atoms with Crippen LogP contribution < -0.4 is 4.90 Å². The summed E-state index contributed by atoms with van der Waals surface area (Å²) in [6.45, 7) is 2.03. The molecule has 1 unspecified atom stereocenters. The van der Waals surface area contributed by atoms with Crippen molar-refractivity contribution in [3.05, 3.63) is 41.8 Å². The molecule has 0 bridgehead atoms. The molecule has 2 heterocycles. The number of anilines is 1. The molecule has 1 fully saturated rings. The molecule has 1 aromatic heterocycles. The number of rotatable bonds is 4. The minimum Gasteiger partial charge on any atom is -0.296 e. The molecule has 24 heavy (non-hydrogen) atoms. The standard InChI is InChI=1S/C15H15ClFN3O3S/c1-10-6-14(20(18-10)13-4-2-12(17)3-5-13)19-8-11(7-15(19)21)9-24(16,22)23/h2-6,11H,7-9H2,1H3. The lowest BCUT2D eigenvalue weighted by Crippen LogP contribution is -2.27. The fourth-order valence-electron chi connectivity index (χ4n) is 2.85. The van der Waals surface area contributed by atoms with Gasteiger partial charge in [-0.3, -0.25) is 9.69 Å². The second-order valence-electron chi connectivity index (χ2n) is 5.81. The van der Waals surface area contributed by atoms with E-state index in [4.69, 9.17) is 10.7 Å². The van der Waals surface area contributed by atoms with Crippen molar-refractivity contribution in [2.24, 2.45) is 5.92 Å². The zero-order valence-electron chi connectivity index (χ0n) is 12.8. The summed E-state index contributed by atoms with van der Waals surface area (Å²) in [5.41, 5.74) is 1.30. The van der Waals surface area contributed by atoms with E-state index in [0.29, 0.717) is 17.2 Å². The Morgan fingerprint density at radius 2 is 2.00 bits per heavy atom. The fourth-order valence-corrected chi connectivity index (χ4v) is 4.17. The van der Waals surface area contributed by atoms with Gasteiger partial charge >= 0.3 is 0 Å². The molecule has 9 heteroatoms. The van der Waals surface area contributed by atoms with Gasteiger partial charge in [-0.05, 0) is 31.2 Å². The van der Waals surface area contributed by atoms with Crippen molar-refractivity contribution in [3.8, 4) is 5.69 Å². The molecule has 1 atom stereocenters. The summed E-state index contributed by atoms with van der Waals surface area (Å²) in [5, 5.41) is 4.35.